The maximum Gasteiger partial charge on any atom is 0.230 e. The van der Waals surface area contributed by atoms with Gasteiger partial charge < -0.3 is 15.7 Å². The molecule has 108 valence electrons. The minimum atomic E-state index is -0.00300. The highest BCUT2D eigenvalue weighted by Gasteiger charge is 2.16. The topological polar surface area (TPSA) is 80.7 Å². The van der Waals surface area contributed by atoms with Crippen LogP contribution in [0.25, 0.3) is 0 Å². The van der Waals surface area contributed by atoms with Crippen LogP contribution in [0.4, 0.5) is 0 Å². The van der Waals surface area contributed by atoms with Crippen LogP contribution in [0.1, 0.15) is 28.7 Å². The van der Waals surface area contributed by atoms with Gasteiger partial charge in [0.2, 0.25) is 5.88 Å². The van der Waals surface area contributed by atoms with E-state index in [1.807, 2.05) is 19.1 Å². The van der Waals surface area contributed by atoms with E-state index in [0.29, 0.717) is 11.4 Å². The van der Waals surface area contributed by atoms with Crippen LogP contribution in [-0.2, 0) is 12.8 Å². The van der Waals surface area contributed by atoms with Crippen LogP contribution in [-0.4, -0.2) is 16.0 Å². The molecule has 5 heteroatoms. The molecule has 5 nitrogen and oxygen atoms in total. The van der Waals surface area contributed by atoms with Crippen LogP contribution in [0.15, 0.2) is 35.6 Å². The molecule has 1 aromatic heterocycles. The molecule has 0 spiro atoms. The van der Waals surface area contributed by atoms with E-state index in [-0.39, 0.29) is 5.84 Å². The largest absolute Gasteiger partial charge is 0.438 e. The minimum absolute atomic E-state index is 0.00300. The number of benzene rings is 1. The molecule has 2 aromatic rings. The lowest BCUT2D eigenvalue weighted by Crippen LogP contribution is -2.16. The monoisotopic (exact) mass is 283 g/mol. The van der Waals surface area contributed by atoms with Crippen molar-refractivity contribution in [1.29, 1.82) is 0 Å². The van der Waals surface area contributed by atoms with Gasteiger partial charge in [-0.15, -0.1) is 0 Å². The van der Waals surface area contributed by atoms with Gasteiger partial charge in [-0.05, 0) is 61.1 Å². The van der Waals surface area contributed by atoms with Gasteiger partial charge in [-0.3, -0.25) is 0 Å². The SMILES string of the molecule is Cc1ccnc(Oc2ccc3c(c2)CCC3)c1/C(N)=N/O. The molecule has 3 N–H and O–H groups in total. The zero-order chi connectivity index (χ0) is 14.8. The number of ether oxygens (including phenoxy) is 1. The number of rotatable bonds is 3. The van der Waals surface area contributed by atoms with Gasteiger partial charge in [-0.2, -0.15) is 0 Å². The highest BCUT2D eigenvalue weighted by atomic mass is 16.5. The highest BCUT2D eigenvalue weighted by molar-refractivity contribution is 6.00. The predicted molar refractivity (Wildman–Crippen MR) is 80.0 cm³/mol. The van der Waals surface area contributed by atoms with Crippen molar-refractivity contribution in [2.45, 2.75) is 26.2 Å². The first-order valence-corrected chi connectivity index (χ1v) is 6.92. The van der Waals surface area contributed by atoms with E-state index in [1.165, 1.54) is 17.5 Å². The highest BCUT2D eigenvalue weighted by Crippen LogP contribution is 2.30. The molecule has 0 amide bonds. The standard InChI is InChI=1S/C16H17N3O2/c1-10-7-8-18-16(14(10)15(17)19-20)21-13-6-5-11-3-2-4-12(11)9-13/h5-9,20H,2-4H2,1H3,(H2,17,19). The molecule has 0 atom stereocenters. The lowest BCUT2D eigenvalue weighted by molar-refractivity contribution is 0.318. The number of pyridine rings is 1. The van der Waals surface area contributed by atoms with Crippen LogP contribution >= 0.6 is 0 Å². The number of oxime groups is 1. The molecule has 0 saturated heterocycles. The molecule has 1 aromatic carbocycles. The Hall–Kier alpha value is -2.56. The first-order chi connectivity index (χ1) is 10.2. The number of aryl methyl sites for hydroxylation is 3. The predicted octanol–water partition coefficient (Wildman–Crippen LogP) is 2.77. The van der Waals surface area contributed by atoms with E-state index >= 15 is 0 Å². The van der Waals surface area contributed by atoms with Gasteiger partial charge in [-0.1, -0.05) is 11.2 Å². The third kappa shape index (κ3) is 2.54. The van der Waals surface area contributed by atoms with E-state index in [9.17, 15) is 0 Å². The maximum absolute atomic E-state index is 8.91. The lowest BCUT2D eigenvalue weighted by Gasteiger charge is -2.12. The number of amidine groups is 1. The van der Waals surface area contributed by atoms with Gasteiger partial charge in [0.1, 0.15) is 5.75 Å². The van der Waals surface area contributed by atoms with Gasteiger partial charge in [0, 0.05) is 6.20 Å². The summed E-state index contributed by atoms with van der Waals surface area (Å²) < 4.78 is 5.86. The quantitative estimate of drug-likeness (QED) is 0.393. The number of nitrogens with zero attached hydrogens (tertiary/aromatic N) is 2. The van der Waals surface area contributed by atoms with Crippen molar-refractivity contribution in [2.75, 3.05) is 0 Å². The third-order valence-corrected chi connectivity index (χ3v) is 3.77. The molecule has 0 fully saturated rings. The van der Waals surface area contributed by atoms with Crippen molar-refractivity contribution in [1.82, 2.24) is 4.98 Å². The molecule has 1 aliphatic carbocycles. The van der Waals surface area contributed by atoms with E-state index in [0.717, 1.165) is 24.2 Å². The molecule has 0 bridgehead atoms. The first kappa shape index (κ1) is 13.4. The van der Waals surface area contributed by atoms with Gasteiger partial charge >= 0.3 is 0 Å². The summed E-state index contributed by atoms with van der Waals surface area (Å²) in [6.07, 6.45) is 5.05. The Morgan fingerprint density at radius 2 is 2.10 bits per heavy atom. The Morgan fingerprint density at radius 1 is 1.29 bits per heavy atom. The lowest BCUT2D eigenvalue weighted by atomic mass is 10.1. The summed E-state index contributed by atoms with van der Waals surface area (Å²) in [6.45, 7) is 1.87. The molecule has 0 radical (unpaired) electrons. The van der Waals surface area contributed by atoms with Gasteiger partial charge in [0.05, 0.1) is 5.56 Å². The fourth-order valence-electron chi connectivity index (χ4n) is 2.70. The molecule has 0 saturated carbocycles. The van der Waals surface area contributed by atoms with Crippen molar-refractivity contribution in [3.63, 3.8) is 0 Å². The molecular formula is C16H17N3O2. The average Bonchev–Trinajstić information content (AvgIpc) is 2.94. The second-order valence-electron chi connectivity index (χ2n) is 5.18. The van der Waals surface area contributed by atoms with E-state index in [2.05, 4.69) is 16.2 Å². The maximum atomic E-state index is 8.91. The van der Waals surface area contributed by atoms with Gasteiger partial charge in [0.15, 0.2) is 5.84 Å². The Kier molecular flexibility index (Phi) is 3.48. The van der Waals surface area contributed by atoms with Crippen molar-refractivity contribution in [3.8, 4) is 11.6 Å². The summed E-state index contributed by atoms with van der Waals surface area (Å²) in [5, 5.41) is 12.0. The molecule has 1 aliphatic rings. The molecule has 0 unspecified atom stereocenters. The van der Waals surface area contributed by atoms with Crippen LogP contribution in [0.5, 0.6) is 11.6 Å². The normalized spacial score (nSPS) is 14.0. The molecule has 1 heterocycles. The van der Waals surface area contributed by atoms with Crippen LogP contribution in [0.2, 0.25) is 0 Å². The second-order valence-corrected chi connectivity index (χ2v) is 5.18. The van der Waals surface area contributed by atoms with Crippen LogP contribution in [0.3, 0.4) is 0 Å². The second kappa shape index (κ2) is 5.44. The van der Waals surface area contributed by atoms with Crippen LogP contribution < -0.4 is 10.5 Å². The van der Waals surface area contributed by atoms with E-state index < -0.39 is 0 Å². The minimum Gasteiger partial charge on any atom is -0.438 e. The van der Waals surface area contributed by atoms with E-state index in [1.54, 1.807) is 12.3 Å². The summed E-state index contributed by atoms with van der Waals surface area (Å²) >= 11 is 0. The zero-order valence-electron chi connectivity index (χ0n) is 11.8. The Labute approximate surface area is 123 Å². The molecular weight excluding hydrogens is 266 g/mol. The van der Waals surface area contributed by atoms with Crippen molar-refractivity contribution in [2.24, 2.45) is 10.9 Å². The number of aromatic nitrogens is 1. The summed E-state index contributed by atoms with van der Waals surface area (Å²) in [5.41, 5.74) is 9.79. The van der Waals surface area contributed by atoms with Crippen molar-refractivity contribution < 1.29 is 9.94 Å². The number of fused-ring (bicyclic) bond motifs is 1. The Balaban J connectivity index is 1.97. The molecule has 21 heavy (non-hydrogen) atoms. The smallest absolute Gasteiger partial charge is 0.230 e. The summed E-state index contributed by atoms with van der Waals surface area (Å²) in [6, 6.07) is 7.87. The Bertz CT molecular complexity index is 711. The van der Waals surface area contributed by atoms with E-state index in [4.69, 9.17) is 15.7 Å². The number of hydrogen-bond acceptors (Lipinski definition) is 4. The first-order valence-electron chi connectivity index (χ1n) is 6.92. The van der Waals surface area contributed by atoms with Gasteiger partial charge in [-0.25, -0.2) is 4.98 Å². The third-order valence-electron chi connectivity index (χ3n) is 3.77. The summed E-state index contributed by atoms with van der Waals surface area (Å²) in [7, 11) is 0. The fraction of sp³-hybridized carbons (Fsp3) is 0.250. The molecule has 3 rings (SSSR count). The summed E-state index contributed by atoms with van der Waals surface area (Å²) in [4.78, 5) is 4.20. The number of hydrogen-bond donors (Lipinski definition) is 2. The summed E-state index contributed by atoms with van der Waals surface area (Å²) in [5.74, 6) is 1.07. The average molecular weight is 283 g/mol. The van der Waals surface area contributed by atoms with Gasteiger partial charge in [0.25, 0.3) is 0 Å². The molecule has 0 aliphatic heterocycles. The Morgan fingerprint density at radius 3 is 2.90 bits per heavy atom. The van der Waals surface area contributed by atoms with Crippen LogP contribution in [0, 0.1) is 6.92 Å². The number of nitrogens with two attached hydrogens (primary N) is 1. The zero-order valence-corrected chi connectivity index (χ0v) is 11.8. The fourth-order valence-corrected chi connectivity index (χ4v) is 2.70. The van der Waals surface area contributed by atoms with Crippen molar-refractivity contribution in [3.05, 3.63) is 52.7 Å². The van der Waals surface area contributed by atoms with Crippen molar-refractivity contribution >= 4 is 5.84 Å².